The molecule has 2 aromatic carbocycles. The minimum atomic E-state index is -1.14. The number of carboxylic acid groups (broad SMARTS) is 1. The van der Waals surface area contributed by atoms with Gasteiger partial charge in [-0.2, -0.15) is 5.26 Å². The minimum Gasteiger partial charge on any atom is -0.465 e. The Balaban J connectivity index is 1.93. The second-order valence-corrected chi connectivity index (χ2v) is 6.64. The third kappa shape index (κ3) is 4.32. The lowest BCUT2D eigenvalue weighted by Gasteiger charge is -2.37. The number of hydrogen-bond donors (Lipinski definition) is 2. The highest BCUT2D eigenvalue weighted by Crippen LogP contribution is 2.35. The molecule has 3 rings (SSSR count). The monoisotopic (exact) mass is 394 g/mol. The van der Waals surface area contributed by atoms with Crippen molar-refractivity contribution < 1.29 is 19.6 Å². The van der Waals surface area contributed by atoms with Crippen molar-refractivity contribution in [2.24, 2.45) is 0 Å². The second-order valence-electron chi connectivity index (χ2n) is 6.64. The molecule has 1 aliphatic rings. The van der Waals surface area contributed by atoms with Gasteiger partial charge in [0.25, 0.3) is 11.6 Å². The van der Waals surface area contributed by atoms with Crippen molar-refractivity contribution in [2.75, 3.05) is 13.1 Å². The number of hydrogen-bond acceptors (Lipinski definition) is 5. The summed E-state index contributed by atoms with van der Waals surface area (Å²) in [6.07, 6.45) is -0.272. The average molecular weight is 394 g/mol. The van der Waals surface area contributed by atoms with E-state index in [0.717, 1.165) is 11.1 Å². The number of nitro groups is 1. The molecule has 0 saturated carbocycles. The fourth-order valence-corrected chi connectivity index (χ4v) is 3.45. The number of amides is 2. The van der Waals surface area contributed by atoms with Gasteiger partial charge in [0.05, 0.1) is 22.6 Å². The lowest BCUT2D eigenvalue weighted by atomic mass is 9.88. The molecule has 1 atom stereocenters. The second kappa shape index (κ2) is 8.39. The van der Waals surface area contributed by atoms with Gasteiger partial charge in [0.15, 0.2) is 0 Å². The van der Waals surface area contributed by atoms with Crippen molar-refractivity contribution >= 4 is 17.7 Å². The van der Waals surface area contributed by atoms with E-state index in [1.165, 1.54) is 12.1 Å². The number of carbonyl (C=O) groups is 2. The molecule has 0 aromatic heterocycles. The van der Waals surface area contributed by atoms with E-state index in [1.54, 1.807) is 35.2 Å². The van der Waals surface area contributed by atoms with Crippen LogP contribution in [-0.4, -0.2) is 40.0 Å². The first-order valence-corrected chi connectivity index (χ1v) is 8.96. The summed E-state index contributed by atoms with van der Waals surface area (Å²) >= 11 is 0. The van der Waals surface area contributed by atoms with Crippen LogP contribution in [0.2, 0.25) is 0 Å². The molecule has 0 fully saturated rings. The largest absolute Gasteiger partial charge is 0.465 e. The first kappa shape index (κ1) is 19.8. The van der Waals surface area contributed by atoms with Gasteiger partial charge in [0.2, 0.25) is 0 Å². The molecule has 9 nitrogen and oxygen atoms in total. The van der Waals surface area contributed by atoms with Crippen molar-refractivity contribution in [1.29, 1.82) is 5.26 Å². The van der Waals surface area contributed by atoms with Gasteiger partial charge in [-0.1, -0.05) is 18.2 Å². The van der Waals surface area contributed by atoms with Crippen molar-refractivity contribution in [3.05, 3.63) is 74.8 Å². The molecule has 2 amide bonds. The first-order valence-electron chi connectivity index (χ1n) is 8.96. The topological polar surface area (TPSA) is 137 Å². The van der Waals surface area contributed by atoms with Crippen molar-refractivity contribution in [2.45, 2.75) is 18.9 Å². The highest BCUT2D eigenvalue weighted by molar-refractivity contribution is 5.97. The van der Waals surface area contributed by atoms with E-state index >= 15 is 0 Å². The SMILES string of the molecule is N#Cc1ccc(C2Cc3ccc([N+](=O)[O-])cc3C(=O)N2CCCNC(=O)O)cc1. The molecule has 148 valence electrons. The van der Waals surface area contributed by atoms with Crippen LogP contribution in [0, 0.1) is 21.4 Å². The summed E-state index contributed by atoms with van der Waals surface area (Å²) in [6, 6.07) is 12.9. The fraction of sp³-hybridized carbons (Fsp3) is 0.250. The van der Waals surface area contributed by atoms with Crippen LogP contribution in [0.15, 0.2) is 42.5 Å². The maximum absolute atomic E-state index is 13.1. The number of non-ortho nitro benzene ring substituents is 1. The normalized spacial score (nSPS) is 15.3. The van der Waals surface area contributed by atoms with Crippen LogP contribution >= 0.6 is 0 Å². The molecule has 0 saturated heterocycles. The molecule has 29 heavy (non-hydrogen) atoms. The Morgan fingerprint density at radius 2 is 2.03 bits per heavy atom. The van der Waals surface area contributed by atoms with Crippen LogP contribution < -0.4 is 5.32 Å². The first-order chi connectivity index (χ1) is 13.9. The summed E-state index contributed by atoms with van der Waals surface area (Å²) in [5.41, 5.74) is 2.20. The number of nitriles is 1. The maximum Gasteiger partial charge on any atom is 0.404 e. The van der Waals surface area contributed by atoms with E-state index in [0.29, 0.717) is 18.4 Å². The van der Waals surface area contributed by atoms with Crippen LogP contribution in [0.4, 0.5) is 10.5 Å². The van der Waals surface area contributed by atoms with Gasteiger partial charge in [0.1, 0.15) is 0 Å². The molecule has 1 aliphatic heterocycles. The van der Waals surface area contributed by atoms with E-state index in [2.05, 4.69) is 11.4 Å². The summed E-state index contributed by atoms with van der Waals surface area (Å²) in [6.45, 7) is 0.465. The summed E-state index contributed by atoms with van der Waals surface area (Å²) in [7, 11) is 0. The molecular weight excluding hydrogens is 376 g/mol. The number of nitrogens with zero attached hydrogens (tertiary/aromatic N) is 3. The van der Waals surface area contributed by atoms with Crippen molar-refractivity contribution in [3.8, 4) is 6.07 Å². The molecule has 0 aliphatic carbocycles. The Morgan fingerprint density at radius 3 is 2.66 bits per heavy atom. The molecular formula is C20H18N4O5. The molecule has 0 bridgehead atoms. The zero-order valence-corrected chi connectivity index (χ0v) is 15.4. The van der Waals surface area contributed by atoms with Gasteiger partial charge in [-0.05, 0) is 36.1 Å². The molecule has 2 N–H and O–H groups in total. The molecule has 9 heteroatoms. The third-order valence-electron chi connectivity index (χ3n) is 4.86. The summed E-state index contributed by atoms with van der Waals surface area (Å²) < 4.78 is 0. The van der Waals surface area contributed by atoms with Gasteiger partial charge in [-0.3, -0.25) is 14.9 Å². The van der Waals surface area contributed by atoms with E-state index in [-0.39, 0.29) is 36.3 Å². The van der Waals surface area contributed by atoms with Crippen LogP contribution in [0.3, 0.4) is 0 Å². The molecule has 0 radical (unpaired) electrons. The molecule has 2 aromatic rings. The van der Waals surface area contributed by atoms with Crippen molar-refractivity contribution in [1.82, 2.24) is 10.2 Å². The van der Waals surface area contributed by atoms with Crippen LogP contribution in [-0.2, 0) is 6.42 Å². The summed E-state index contributed by atoms with van der Waals surface area (Å²) in [5.74, 6) is -0.334. The van der Waals surface area contributed by atoms with E-state index in [9.17, 15) is 19.7 Å². The highest BCUT2D eigenvalue weighted by Gasteiger charge is 2.34. The number of nitrogens with one attached hydrogen (secondary N) is 1. The van der Waals surface area contributed by atoms with Crippen LogP contribution in [0.1, 0.15) is 39.5 Å². The highest BCUT2D eigenvalue weighted by atomic mass is 16.6. The number of carbonyl (C=O) groups excluding carboxylic acids is 1. The Labute approximate surface area is 166 Å². The van der Waals surface area contributed by atoms with E-state index in [4.69, 9.17) is 10.4 Å². The molecule has 0 spiro atoms. The number of fused-ring (bicyclic) bond motifs is 1. The predicted molar refractivity (Wildman–Crippen MR) is 102 cm³/mol. The van der Waals surface area contributed by atoms with Crippen LogP contribution in [0.5, 0.6) is 0 Å². The molecule has 1 heterocycles. The van der Waals surface area contributed by atoms with Gasteiger partial charge in [-0.15, -0.1) is 0 Å². The Kier molecular flexibility index (Phi) is 5.74. The maximum atomic E-state index is 13.1. The van der Waals surface area contributed by atoms with Crippen molar-refractivity contribution in [3.63, 3.8) is 0 Å². The van der Waals surface area contributed by atoms with Gasteiger partial charge < -0.3 is 15.3 Å². The van der Waals surface area contributed by atoms with Gasteiger partial charge in [-0.25, -0.2) is 4.79 Å². The van der Waals surface area contributed by atoms with E-state index < -0.39 is 11.0 Å². The number of benzene rings is 2. The van der Waals surface area contributed by atoms with Gasteiger partial charge >= 0.3 is 6.09 Å². The fourth-order valence-electron chi connectivity index (χ4n) is 3.45. The number of nitro benzene ring substituents is 1. The Morgan fingerprint density at radius 1 is 1.31 bits per heavy atom. The minimum absolute atomic E-state index is 0.151. The number of rotatable bonds is 6. The molecule has 1 unspecified atom stereocenters. The standard InChI is InChI=1S/C20H18N4O5/c21-12-13-2-4-14(5-3-13)18-10-15-6-7-16(24(28)29)11-17(15)19(25)23(18)9-1-8-22-20(26)27/h2-7,11,18,22H,1,8-10H2,(H,26,27). The third-order valence-corrected chi connectivity index (χ3v) is 4.86. The Bertz CT molecular complexity index is 997. The van der Waals surface area contributed by atoms with E-state index in [1.807, 2.05) is 0 Å². The van der Waals surface area contributed by atoms with Crippen LogP contribution in [0.25, 0.3) is 0 Å². The summed E-state index contributed by atoms with van der Waals surface area (Å²) in [5, 5.41) is 31.1. The summed E-state index contributed by atoms with van der Waals surface area (Å²) in [4.78, 5) is 35.9. The smallest absolute Gasteiger partial charge is 0.404 e. The zero-order chi connectivity index (χ0) is 21.0. The average Bonchev–Trinajstić information content (AvgIpc) is 2.71. The lowest BCUT2D eigenvalue weighted by molar-refractivity contribution is -0.384. The zero-order valence-electron chi connectivity index (χ0n) is 15.4. The lowest BCUT2D eigenvalue weighted by Crippen LogP contribution is -2.41. The van der Waals surface area contributed by atoms with Gasteiger partial charge in [0, 0.05) is 30.8 Å². The quantitative estimate of drug-likeness (QED) is 0.439. The Hall–Kier alpha value is -3.93. The predicted octanol–water partition coefficient (Wildman–Crippen LogP) is 2.86.